The molecule has 4 nitrogen and oxygen atoms in total. The van der Waals surface area contributed by atoms with Crippen LogP contribution >= 0.6 is 12.4 Å². The number of rotatable bonds is 3. The molecule has 3 rings (SSSR count). The summed E-state index contributed by atoms with van der Waals surface area (Å²) in [6, 6.07) is 15.1. The summed E-state index contributed by atoms with van der Waals surface area (Å²) in [5.41, 5.74) is 3.28. The Kier molecular flexibility index (Phi) is 4.60. The number of fused-ring (bicyclic) bond motifs is 1. The van der Waals surface area contributed by atoms with Gasteiger partial charge in [0, 0.05) is 5.56 Å². The number of imidazole rings is 1. The summed E-state index contributed by atoms with van der Waals surface area (Å²) in [7, 11) is 0. The molecule has 3 aromatic rings. The van der Waals surface area contributed by atoms with Gasteiger partial charge in [-0.3, -0.25) is 0 Å². The van der Waals surface area contributed by atoms with Gasteiger partial charge in [-0.2, -0.15) is 0 Å². The standard InChI is InChI=1S/C16H14N2O2.ClH/c1-2-20-16(19)12-7-5-6-11(10-12)15-17-13-8-3-4-9-14(13)18-15;/h3-10H,2H2,1H3,(H,17,18);1H. The van der Waals surface area contributed by atoms with E-state index in [0.29, 0.717) is 12.2 Å². The fourth-order valence-corrected chi connectivity index (χ4v) is 2.10. The molecule has 2 aromatic carbocycles. The van der Waals surface area contributed by atoms with E-state index in [1.165, 1.54) is 0 Å². The highest BCUT2D eigenvalue weighted by Gasteiger charge is 2.10. The Hall–Kier alpha value is -2.33. The molecule has 1 N–H and O–H groups in total. The number of para-hydroxylation sites is 2. The van der Waals surface area contributed by atoms with Gasteiger partial charge in [-0.05, 0) is 31.2 Å². The third-order valence-electron chi connectivity index (χ3n) is 3.04. The van der Waals surface area contributed by atoms with Crippen molar-refractivity contribution in [3.05, 3.63) is 54.1 Å². The van der Waals surface area contributed by atoms with Gasteiger partial charge < -0.3 is 9.72 Å². The van der Waals surface area contributed by atoms with Crippen molar-refractivity contribution >= 4 is 29.4 Å². The molecule has 0 amide bonds. The summed E-state index contributed by atoms with van der Waals surface area (Å²) in [5.74, 6) is 0.433. The van der Waals surface area contributed by atoms with Crippen molar-refractivity contribution in [1.82, 2.24) is 9.97 Å². The molecule has 0 saturated heterocycles. The number of aromatic nitrogens is 2. The van der Waals surface area contributed by atoms with Crippen LogP contribution in [0.2, 0.25) is 0 Å². The van der Waals surface area contributed by atoms with Crippen molar-refractivity contribution in [2.45, 2.75) is 6.92 Å². The first-order chi connectivity index (χ1) is 9.78. The molecule has 0 spiro atoms. The van der Waals surface area contributed by atoms with Crippen LogP contribution in [0.5, 0.6) is 0 Å². The second-order valence-corrected chi connectivity index (χ2v) is 4.40. The normalized spacial score (nSPS) is 10.1. The van der Waals surface area contributed by atoms with Gasteiger partial charge in [0.05, 0.1) is 23.2 Å². The van der Waals surface area contributed by atoms with Crippen LogP contribution in [0.25, 0.3) is 22.4 Å². The van der Waals surface area contributed by atoms with Gasteiger partial charge in [-0.25, -0.2) is 9.78 Å². The van der Waals surface area contributed by atoms with Crippen LogP contribution in [0.1, 0.15) is 17.3 Å². The Labute approximate surface area is 128 Å². The first kappa shape index (κ1) is 15.1. The maximum Gasteiger partial charge on any atom is 0.338 e. The molecule has 1 aromatic heterocycles. The highest BCUT2D eigenvalue weighted by atomic mass is 35.5. The third-order valence-corrected chi connectivity index (χ3v) is 3.04. The minimum Gasteiger partial charge on any atom is -0.462 e. The molecule has 0 saturated carbocycles. The predicted molar refractivity (Wildman–Crippen MR) is 84.7 cm³/mol. The van der Waals surface area contributed by atoms with Crippen LogP contribution in [-0.2, 0) is 4.74 Å². The van der Waals surface area contributed by atoms with E-state index in [9.17, 15) is 4.79 Å². The number of carbonyl (C=O) groups excluding carboxylic acids is 1. The van der Waals surface area contributed by atoms with E-state index in [4.69, 9.17) is 4.74 Å². The lowest BCUT2D eigenvalue weighted by atomic mass is 10.1. The highest BCUT2D eigenvalue weighted by Crippen LogP contribution is 2.21. The molecule has 5 heteroatoms. The third kappa shape index (κ3) is 3.06. The number of nitrogens with one attached hydrogen (secondary N) is 1. The number of hydrogen-bond acceptors (Lipinski definition) is 3. The summed E-state index contributed by atoms with van der Waals surface area (Å²) < 4.78 is 5.01. The monoisotopic (exact) mass is 302 g/mol. The van der Waals surface area contributed by atoms with Crippen LogP contribution < -0.4 is 0 Å². The van der Waals surface area contributed by atoms with Crippen molar-refractivity contribution in [2.24, 2.45) is 0 Å². The molecule has 108 valence electrons. The van der Waals surface area contributed by atoms with Crippen molar-refractivity contribution in [3.63, 3.8) is 0 Å². The first-order valence-corrected chi connectivity index (χ1v) is 6.50. The number of H-pyrrole nitrogens is 1. The van der Waals surface area contributed by atoms with Gasteiger partial charge in [0.15, 0.2) is 0 Å². The number of benzene rings is 2. The fraction of sp³-hybridized carbons (Fsp3) is 0.125. The maximum atomic E-state index is 11.7. The summed E-state index contributed by atoms with van der Waals surface area (Å²) >= 11 is 0. The number of hydrogen-bond donors (Lipinski definition) is 1. The Morgan fingerprint density at radius 3 is 2.76 bits per heavy atom. The van der Waals surface area contributed by atoms with Gasteiger partial charge in [-0.15, -0.1) is 12.4 Å². The summed E-state index contributed by atoms with van der Waals surface area (Å²) in [6.07, 6.45) is 0. The van der Waals surface area contributed by atoms with E-state index in [1.54, 1.807) is 19.1 Å². The largest absolute Gasteiger partial charge is 0.462 e. The molecular formula is C16H15ClN2O2. The molecule has 0 aliphatic rings. The Morgan fingerprint density at radius 1 is 1.19 bits per heavy atom. The summed E-state index contributed by atoms with van der Waals surface area (Å²) in [4.78, 5) is 19.5. The van der Waals surface area contributed by atoms with Gasteiger partial charge in [0.1, 0.15) is 5.82 Å². The summed E-state index contributed by atoms with van der Waals surface area (Å²) in [5, 5.41) is 0. The lowest BCUT2D eigenvalue weighted by molar-refractivity contribution is 0.0526. The molecule has 0 bridgehead atoms. The number of ether oxygens (including phenoxy) is 1. The number of carbonyl (C=O) groups is 1. The average Bonchev–Trinajstić information content (AvgIpc) is 2.91. The van der Waals surface area contributed by atoms with Crippen LogP contribution in [0, 0.1) is 0 Å². The van der Waals surface area contributed by atoms with E-state index in [2.05, 4.69) is 9.97 Å². The minimum absolute atomic E-state index is 0. The molecule has 0 unspecified atom stereocenters. The average molecular weight is 303 g/mol. The van der Waals surface area contributed by atoms with Crippen LogP contribution in [-0.4, -0.2) is 22.5 Å². The van der Waals surface area contributed by atoms with Crippen LogP contribution in [0.4, 0.5) is 0 Å². The van der Waals surface area contributed by atoms with Gasteiger partial charge in [-0.1, -0.05) is 24.3 Å². The van der Waals surface area contributed by atoms with E-state index >= 15 is 0 Å². The van der Waals surface area contributed by atoms with Gasteiger partial charge >= 0.3 is 5.97 Å². The molecule has 0 aliphatic heterocycles. The topological polar surface area (TPSA) is 55.0 Å². The molecule has 21 heavy (non-hydrogen) atoms. The van der Waals surface area contributed by atoms with E-state index in [1.807, 2.05) is 36.4 Å². The Balaban J connectivity index is 0.00000161. The van der Waals surface area contributed by atoms with Crippen LogP contribution in [0.3, 0.4) is 0 Å². The molecule has 0 radical (unpaired) electrons. The first-order valence-electron chi connectivity index (χ1n) is 6.50. The molecule has 0 aliphatic carbocycles. The van der Waals surface area contributed by atoms with Crippen molar-refractivity contribution in [3.8, 4) is 11.4 Å². The zero-order valence-corrected chi connectivity index (χ0v) is 12.3. The van der Waals surface area contributed by atoms with Crippen molar-refractivity contribution in [1.29, 1.82) is 0 Å². The summed E-state index contributed by atoms with van der Waals surface area (Å²) in [6.45, 7) is 2.16. The second-order valence-electron chi connectivity index (χ2n) is 4.40. The zero-order chi connectivity index (χ0) is 13.9. The van der Waals surface area contributed by atoms with E-state index in [-0.39, 0.29) is 18.4 Å². The maximum absolute atomic E-state index is 11.7. The highest BCUT2D eigenvalue weighted by molar-refractivity contribution is 5.91. The fourth-order valence-electron chi connectivity index (χ4n) is 2.10. The quantitative estimate of drug-likeness (QED) is 0.748. The number of nitrogens with zero attached hydrogens (tertiary/aromatic N) is 1. The van der Waals surface area contributed by atoms with Crippen molar-refractivity contribution in [2.75, 3.05) is 6.61 Å². The van der Waals surface area contributed by atoms with Gasteiger partial charge in [0.2, 0.25) is 0 Å². The Morgan fingerprint density at radius 2 is 2.00 bits per heavy atom. The number of esters is 1. The second kappa shape index (κ2) is 6.41. The predicted octanol–water partition coefficient (Wildman–Crippen LogP) is 3.83. The minimum atomic E-state index is -0.314. The molecule has 0 atom stereocenters. The Bertz CT molecular complexity index is 735. The molecule has 1 heterocycles. The van der Waals surface area contributed by atoms with E-state index in [0.717, 1.165) is 22.4 Å². The van der Waals surface area contributed by atoms with Crippen molar-refractivity contribution < 1.29 is 9.53 Å². The smallest absolute Gasteiger partial charge is 0.338 e. The SMILES string of the molecule is CCOC(=O)c1cccc(-c2nc3ccccc3[nH]2)c1.Cl. The zero-order valence-electron chi connectivity index (χ0n) is 11.5. The number of aromatic amines is 1. The lowest BCUT2D eigenvalue weighted by Crippen LogP contribution is -2.04. The lowest BCUT2D eigenvalue weighted by Gasteiger charge is -2.03. The van der Waals surface area contributed by atoms with E-state index < -0.39 is 0 Å². The molecular weight excluding hydrogens is 288 g/mol. The van der Waals surface area contributed by atoms with Gasteiger partial charge in [0.25, 0.3) is 0 Å². The number of halogens is 1. The van der Waals surface area contributed by atoms with Crippen LogP contribution in [0.15, 0.2) is 48.5 Å². The molecule has 0 fully saturated rings.